The van der Waals surface area contributed by atoms with Gasteiger partial charge < -0.3 is 20.4 Å². The molecule has 1 heterocycles. The molecule has 4 N–H and O–H groups in total. The second-order valence-corrected chi connectivity index (χ2v) is 8.37. The predicted octanol–water partition coefficient (Wildman–Crippen LogP) is -0.350. The number of piperazine rings is 1. The van der Waals surface area contributed by atoms with Crippen molar-refractivity contribution in [3.8, 4) is 0 Å². The van der Waals surface area contributed by atoms with Gasteiger partial charge in [-0.3, -0.25) is 9.59 Å². The molecule has 0 bridgehead atoms. The van der Waals surface area contributed by atoms with Gasteiger partial charge in [0.25, 0.3) is 11.8 Å². The molecule has 1 fully saturated rings. The largest absolute Gasteiger partial charge is 0.347 e. The van der Waals surface area contributed by atoms with Crippen LogP contribution in [0.3, 0.4) is 0 Å². The molecule has 6 heteroatoms. The van der Waals surface area contributed by atoms with Gasteiger partial charge in [-0.25, -0.2) is 0 Å². The van der Waals surface area contributed by atoms with Crippen LogP contribution in [0.4, 0.5) is 5.69 Å². The predicted molar refractivity (Wildman–Crippen MR) is 119 cm³/mol. The van der Waals surface area contributed by atoms with Gasteiger partial charge >= 0.3 is 0 Å². The van der Waals surface area contributed by atoms with Gasteiger partial charge in [0.15, 0.2) is 13.1 Å². The van der Waals surface area contributed by atoms with Gasteiger partial charge in [0.1, 0.15) is 26.2 Å². The molecule has 0 saturated carbocycles. The first-order valence-electron chi connectivity index (χ1n) is 10.8. The van der Waals surface area contributed by atoms with E-state index in [2.05, 4.69) is 23.6 Å². The van der Waals surface area contributed by atoms with E-state index < -0.39 is 0 Å². The quantitative estimate of drug-likeness (QED) is 0.504. The number of para-hydroxylation sites is 1. The Labute approximate surface area is 179 Å². The minimum Gasteiger partial charge on any atom is -0.347 e. The molecule has 1 saturated heterocycles. The van der Waals surface area contributed by atoms with Gasteiger partial charge in [-0.05, 0) is 43.0 Å². The van der Waals surface area contributed by atoms with Crippen LogP contribution in [0.25, 0.3) is 0 Å². The number of aryl methyl sites for hydroxylation is 3. The lowest BCUT2D eigenvalue weighted by molar-refractivity contribution is -1.00. The molecule has 3 rings (SSSR count). The Kier molecular flexibility index (Phi) is 7.60. The summed E-state index contributed by atoms with van der Waals surface area (Å²) >= 11 is 0. The molecule has 0 spiro atoms. The van der Waals surface area contributed by atoms with Gasteiger partial charge in [0.2, 0.25) is 0 Å². The van der Waals surface area contributed by atoms with E-state index in [-0.39, 0.29) is 11.8 Å². The number of nitrogens with one attached hydrogen (secondary N) is 4. The second kappa shape index (κ2) is 10.4. The molecule has 30 heavy (non-hydrogen) atoms. The Balaban J connectivity index is 1.38. The molecule has 1 aliphatic heterocycles. The SMILES string of the molecule is Cc1ccccc1CNC(=O)C[NH+]1CC[NH+](CC(=O)Nc2c(C)cccc2C)CC1. The van der Waals surface area contributed by atoms with E-state index in [0.29, 0.717) is 19.6 Å². The van der Waals surface area contributed by atoms with Crippen molar-refractivity contribution in [3.05, 3.63) is 64.7 Å². The number of hydrogen-bond acceptors (Lipinski definition) is 2. The first-order valence-corrected chi connectivity index (χ1v) is 10.8. The van der Waals surface area contributed by atoms with E-state index in [4.69, 9.17) is 0 Å². The van der Waals surface area contributed by atoms with E-state index in [0.717, 1.165) is 48.6 Å². The normalized spacial score (nSPS) is 18.6. The van der Waals surface area contributed by atoms with E-state index >= 15 is 0 Å². The number of amides is 2. The highest BCUT2D eigenvalue weighted by Gasteiger charge is 2.26. The fourth-order valence-electron chi connectivity index (χ4n) is 4.02. The highest BCUT2D eigenvalue weighted by molar-refractivity contribution is 5.93. The third kappa shape index (κ3) is 6.15. The third-order valence-electron chi connectivity index (χ3n) is 5.97. The summed E-state index contributed by atoms with van der Waals surface area (Å²) in [5.74, 6) is 0.145. The Hall–Kier alpha value is -2.70. The first-order chi connectivity index (χ1) is 14.4. The van der Waals surface area contributed by atoms with Crippen LogP contribution in [0.2, 0.25) is 0 Å². The molecule has 2 aromatic carbocycles. The molecule has 2 amide bonds. The topological polar surface area (TPSA) is 67.1 Å². The van der Waals surface area contributed by atoms with Crippen LogP contribution in [0.15, 0.2) is 42.5 Å². The van der Waals surface area contributed by atoms with Crippen LogP contribution < -0.4 is 20.4 Å². The fourth-order valence-corrected chi connectivity index (χ4v) is 4.02. The monoisotopic (exact) mass is 410 g/mol. The summed E-state index contributed by atoms with van der Waals surface area (Å²) in [5, 5.41) is 6.11. The van der Waals surface area contributed by atoms with E-state index in [9.17, 15) is 9.59 Å². The van der Waals surface area contributed by atoms with Crippen molar-refractivity contribution in [1.29, 1.82) is 0 Å². The Morgan fingerprint density at radius 3 is 1.90 bits per heavy atom. The molecule has 0 unspecified atom stereocenters. The molecule has 1 aliphatic rings. The Morgan fingerprint density at radius 1 is 0.767 bits per heavy atom. The molecule has 2 aromatic rings. The maximum atomic E-state index is 12.5. The van der Waals surface area contributed by atoms with Gasteiger partial charge in [-0.2, -0.15) is 0 Å². The number of anilines is 1. The summed E-state index contributed by atoms with van der Waals surface area (Å²) in [6, 6.07) is 14.2. The second-order valence-electron chi connectivity index (χ2n) is 8.37. The van der Waals surface area contributed by atoms with Gasteiger partial charge in [-0.15, -0.1) is 0 Å². The van der Waals surface area contributed by atoms with Crippen LogP contribution in [-0.2, 0) is 16.1 Å². The average Bonchev–Trinajstić information content (AvgIpc) is 2.72. The van der Waals surface area contributed by atoms with Gasteiger partial charge in [0.05, 0.1) is 0 Å². The average molecular weight is 411 g/mol. The lowest BCUT2D eigenvalue weighted by atomic mass is 10.1. The maximum absolute atomic E-state index is 12.5. The summed E-state index contributed by atoms with van der Waals surface area (Å²) in [4.78, 5) is 27.4. The standard InChI is InChI=1S/C24H32N4O2/c1-18-7-4-5-10-21(18)15-25-22(29)16-27-11-13-28(14-12-27)17-23(30)26-24-19(2)8-6-9-20(24)3/h4-10H,11-17H2,1-3H3,(H,25,29)(H,26,30)/p+2. The Bertz CT molecular complexity index is 868. The van der Waals surface area contributed by atoms with Crippen molar-refractivity contribution in [1.82, 2.24) is 5.32 Å². The first kappa shape index (κ1) is 22.0. The van der Waals surface area contributed by atoms with Crippen molar-refractivity contribution in [2.45, 2.75) is 27.3 Å². The molecule has 160 valence electrons. The van der Waals surface area contributed by atoms with E-state index in [1.807, 2.05) is 50.2 Å². The Morgan fingerprint density at radius 2 is 1.30 bits per heavy atom. The summed E-state index contributed by atoms with van der Waals surface area (Å²) in [5.41, 5.74) is 5.46. The van der Waals surface area contributed by atoms with Crippen LogP contribution in [-0.4, -0.2) is 51.1 Å². The molecular weight excluding hydrogens is 376 g/mol. The molecule has 0 aromatic heterocycles. The summed E-state index contributed by atoms with van der Waals surface area (Å²) < 4.78 is 0. The molecular formula is C24H34N4O2+2. The third-order valence-corrected chi connectivity index (χ3v) is 5.97. The van der Waals surface area contributed by atoms with E-state index in [1.54, 1.807) is 0 Å². The molecule has 0 radical (unpaired) electrons. The van der Waals surface area contributed by atoms with E-state index in [1.165, 1.54) is 15.4 Å². The number of hydrogen-bond donors (Lipinski definition) is 4. The molecule has 0 atom stereocenters. The fraction of sp³-hybridized carbons (Fsp3) is 0.417. The van der Waals surface area contributed by atoms with Gasteiger partial charge in [-0.1, -0.05) is 42.5 Å². The zero-order valence-electron chi connectivity index (χ0n) is 18.3. The van der Waals surface area contributed by atoms with Crippen LogP contribution in [0, 0.1) is 20.8 Å². The number of carbonyl (C=O) groups is 2. The lowest BCUT2D eigenvalue weighted by Gasteiger charge is -2.29. The van der Waals surface area contributed by atoms with Crippen molar-refractivity contribution < 1.29 is 19.4 Å². The van der Waals surface area contributed by atoms with Crippen molar-refractivity contribution >= 4 is 17.5 Å². The molecule has 0 aliphatic carbocycles. The molecule has 6 nitrogen and oxygen atoms in total. The number of carbonyl (C=O) groups excluding carboxylic acids is 2. The smallest absolute Gasteiger partial charge is 0.279 e. The van der Waals surface area contributed by atoms with Crippen molar-refractivity contribution in [3.63, 3.8) is 0 Å². The van der Waals surface area contributed by atoms with Crippen molar-refractivity contribution in [2.75, 3.05) is 44.6 Å². The maximum Gasteiger partial charge on any atom is 0.279 e. The minimum atomic E-state index is 0.0572. The summed E-state index contributed by atoms with van der Waals surface area (Å²) in [6.07, 6.45) is 0. The minimum absolute atomic E-state index is 0.0572. The lowest BCUT2D eigenvalue weighted by Crippen LogP contribution is -3.28. The van der Waals surface area contributed by atoms with Gasteiger partial charge in [0, 0.05) is 12.2 Å². The number of rotatable bonds is 7. The zero-order valence-corrected chi connectivity index (χ0v) is 18.3. The van der Waals surface area contributed by atoms with Crippen LogP contribution in [0.1, 0.15) is 22.3 Å². The zero-order chi connectivity index (χ0) is 21.5. The number of quaternary nitrogens is 2. The summed E-state index contributed by atoms with van der Waals surface area (Å²) in [7, 11) is 0. The number of benzene rings is 2. The highest BCUT2D eigenvalue weighted by Crippen LogP contribution is 2.18. The highest BCUT2D eigenvalue weighted by atomic mass is 16.2. The summed E-state index contributed by atoms with van der Waals surface area (Å²) in [6.45, 7) is 11.3. The van der Waals surface area contributed by atoms with Crippen LogP contribution >= 0.6 is 0 Å². The van der Waals surface area contributed by atoms with Crippen LogP contribution in [0.5, 0.6) is 0 Å². The van der Waals surface area contributed by atoms with Crippen molar-refractivity contribution in [2.24, 2.45) is 0 Å².